The molecule has 2 heterocycles. The molecular formula is C26H31N3O. The molecule has 1 saturated heterocycles. The molecule has 1 aliphatic carbocycles. The zero-order chi connectivity index (χ0) is 20.5. The van der Waals surface area contributed by atoms with Crippen molar-refractivity contribution in [3.8, 4) is 0 Å². The lowest BCUT2D eigenvalue weighted by Crippen LogP contribution is -2.41. The minimum atomic E-state index is 0.194. The predicted octanol–water partition coefficient (Wildman–Crippen LogP) is 4.49. The first-order valence-electron chi connectivity index (χ1n) is 11.3. The maximum atomic E-state index is 12.4. The standard InChI is InChI=1S/C26H31N3O/c1-19-5-4-6-20(15-19)17-29-24(16-22-7-2-3-8-25(22)29)18-28-13-11-21(12-14-28)26(30)27-23-9-10-23/h2-8,15-16,21,23H,9-14,17-18H2,1H3,(H,27,30). The van der Waals surface area contributed by atoms with Crippen molar-refractivity contribution < 1.29 is 4.79 Å². The molecule has 2 fully saturated rings. The third kappa shape index (κ3) is 4.29. The fraction of sp³-hybridized carbons (Fsp3) is 0.423. The molecule has 30 heavy (non-hydrogen) atoms. The number of likely N-dealkylation sites (tertiary alicyclic amines) is 1. The van der Waals surface area contributed by atoms with Crippen LogP contribution in [-0.2, 0) is 17.9 Å². The Balaban J connectivity index is 1.31. The first-order chi connectivity index (χ1) is 14.7. The Morgan fingerprint density at radius 3 is 2.53 bits per heavy atom. The third-order valence-electron chi connectivity index (χ3n) is 6.59. The topological polar surface area (TPSA) is 37.3 Å². The molecule has 156 valence electrons. The summed E-state index contributed by atoms with van der Waals surface area (Å²) in [5.41, 5.74) is 5.30. The summed E-state index contributed by atoms with van der Waals surface area (Å²) in [7, 11) is 0. The van der Waals surface area contributed by atoms with Gasteiger partial charge in [-0.3, -0.25) is 9.69 Å². The van der Waals surface area contributed by atoms with Crippen molar-refractivity contribution in [2.75, 3.05) is 13.1 Å². The number of carbonyl (C=O) groups excluding carboxylic acids is 1. The largest absolute Gasteiger partial charge is 0.353 e. The molecule has 4 heteroatoms. The van der Waals surface area contributed by atoms with Gasteiger partial charge in [0.05, 0.1) is 0 Å². The highest BCUT2D eigenvalue weighted by Crippen LogP contribution is 2.26. The number of aromatic nitrogens is 1. The molecule has 1 N–H and O–H groups in total. The minimum Gasteiger partial charge on any atom is -0.353 e. The summed E-state index contributed by atoms with van der Waals surface area (Å²) in [5.74, 6) is 0.478. The first-order valence-corrected chi connectivity index (χ1v) is 11.3. The summed E-state index contributed by atoms with van der Waals surface area (Å²) in [6, 6.07) is 20.3. The molecule has 0 spiro atoms. The summed E-state index contributed by atoms with van der Waals surface area (Å²) in [6.07, 6.45) is 4.26. The Bertz CT molecular complexity index is 1040. The van der Waals surface area contributed by atoms with Gasteiger partial charge in [0.15, 0.2) is 0 Å². The van der Waals surface area contributed by atoms with Crippen LogP contribution in [0.5, 0.6) is 0 Å². The maximum absolute atomic E-state index is 12.4. The molecule has 1 saturated carbocycles. The Morgan fingerprint density at radius 2 is 1.77 bits per heavy atom. The molecule has 1 amide bonds. The SMILES string of the molecule is Cc1cccc(Cn2c(CN3CCC(C(=O)NC4CC4)CC3)cc3ccccc32)c1. The van der Waals surface area contributed by atoms with E-state index in [1.807, 2.05) is 0 Å². The van der Waals surface area contributed by atoms with Crippen LogP contribution in [0.2, 0.25) is 0 Å². The highest BCUT2D eigenvalue weighted by atomic mass is 16.2. The zero-order valence-electron chi connectivity index (χ0n) is 17.8. The quantitative estimate of drug-likeness (QED) is 0.661. The second-order valence-corrected chi connectivity index (χ2v) is 9.10. The average Bonchev–Trinajstić information content (AvgIpc) is 3.50. The zero-order valence-corrected chi connectivity index (χ0v) is 17.8. The van der Waals surface area contributed by atoms with Crippen LogP contribution in [0.4, 0.5) is 0 Å². The summed E-state index contributed by atoms with van der Waals surface area (Å²) in [5, 5.41) is 4.49. The van der Waals surface area contributed by atoms with Crippen LogP contribution in [-0.4, -0.2) is 34.5 Å². The number of fused-ring (bicyclic) bond motifs is 1. The van der Waals surface area contributed by atoms with Crippen molar-refractivity contribution in [1.82, 2.24) is 14.8 Å². The van der Waals surface area contributed by atoms with E-state index >= 15 is 0 Å². The fourth-order valence-corrected chi connectivity index (χ4v) is 4.71. The van der Waals surface area contributed by atoms with E-state index in [1.54, 1.807) is 0 Å². The van der Waals surface area contributed by atoms with Gasteiger partial charge < -0.3 is 9.88 Å². The monoisotopic (exact) mass is 401 g/mol. The van der Waals surface area contributed by atoms with Gasteiger partial charge in [0.25, 0.3) is 0 Å². The number of carbonyl (C=O) groups is 1. The molecule has 2 aromatic carbocycles. The average molecular weight is 402 g/mol. The van der Waals surface area contributed by atoms with Gasteiger partial charge in [-0.2, -0.15) is 0 Å². The second kappa shape index (κ2) is 8.27. The van der Waals surface area contributed by atoms with E-state index in [2.05, 4.69) is 76.3 Å². The molecule has 4 nitrogen and oxygen atoms in total. The molecule has 5 rings (SSSR count). The van der Waals surface area contributed by atoms with Crippen molar-refractivity contribution in [3.63, 3.8) is 0 Å². The van der Waals surface area contributed by atoms with Gasteiger partial charge in [-0.25, -0.2) is 0 Å². The van der Waals surface area contributed by atoms with E-state index < -0.39 is 0 Å². The van der Waals surface area contributed by atoms with Crippen LogP contribution in [0.1, 0.15) is 42.5 Å². The number of aryl methyl sites for hydroxylation is 1. The smallest absolute Gasteiger partial charge is 0.223 e. The van der Waals surface area contributed by atoms with Gasteiger partial charge in [-0.15, -0.1) is 0 Å². The Hall–Kier alpha value is -2.59. The number of nitrogens with one attached hydrogen (secondary N) is 1. The Morgan fingerprint density at radius 1 is 0.967 bits per heavy atom. The summed E-state index contributed by atoms with van der Waals surface area (Å²) < 4.78 is 2.47. The van der Waals surface area contributed by atoms with Crippen molar-refractivity contribution >= 4 is 16.8 Å². The van der Waals surface area contributed by atoms with Crippen molar-refractivity contribution in [3.05, 3.63) is 71.4 Å². The van der Waals surface area contributed by atoms with Gasteiger partial charge in [0, 0.05) is 36.3 Å². The minimum absolute atomic E-state index is 0.194. The number of hydrogen-bond acceptors (Lipinski definition) is 2. The van der Waals surface area contributed by atoms with Gasteiger partial charge in [-0.05, 0) is 68.8 Å². The van der Waals surface area contributed by atoms with Crippen molar-refractivity contribution in [2.24, 2.45) is 5.92 Å². The number of rotatable bonds is 6. The van der Waals surface area contributed by atoms with Gasteiger partial charge in [0.1, 0.15) is 0 Å². The van der Waals surface area contributed by atoms with E-state index in [0.717, 1.165) is 51.9 Å². The molecule has 0 atom stereocenters. The van der Waals surface area contributed by atoms with Crippen LogP contribution in [0.15, 0.2) is 54.6 Å². The molecule has 1 aromatic heterocycles. The van der Waals surface area contributed by atoms with Crippen LogP contribution in [0.3, 0.4) is 0 Å². The lowest BCUT2D eigenvalue weighted by molar-refractivity contribution is -0.126. The number of amides is 1. The second-order valence-electron chi connectivity index (χ2n) is 9.10. The predicted molar refractivity (Wildman–Crippen MR) is 121 cm³/mol. The highest BCUT2D eigenvalue weighted by molar-refractivity contribution is 5.81. The van der Waals surface area contributed by atoms with Gasteiger partial charge >= 0.3 is 0 Å². The summed E-state index contributed by atoms with van der Waals surface area (Å²) >= 11 is 0. The lowest BCUT2D eigenvalue weighted by atomic mass is 9.96. The number of benzene rings is 2. The van der Waals surface area contributed by atoms with Crippen LogP contribution in [0.25, 0.3) is 10.9 Å². The molecule has 0 bridgehead atoms. The molecule has 3 aromatic rings. The van der Waals surface area contributed by atoms with E-state index in [-0.39, 0.29) is 11.8 Å². The van der Waals surface area contributed by atoms with Crippen LogP contribution in [0, 0.1) is 12.8 Å². The molecule has 0 unspecified atom stereocenters. The number of para-hydroxylation sites is 1. The van der Waals surface area contributed by atoms with Crippen molar-refractivity contribution in [2.45, 2.75) is 51.7 Å². The van der Waals surface area contributed by atoms with E-state index in [0.29, 0.717) is 6.04 Å². The number of nitrogens with zero attached hydrogens (tertiary/aromatic N) is 2. The maximum Gasteiger partial charge on any atom is 0.223 e. The molecule has 1 aliphatic heterocycles. The van der Waals surface area contributed by atoms with Gasteiger partial charge in [0.2, 0.25) is 5.91 Å². The van der Waals surface area contributed by atoms with Crippen LogP contribution < -0.4 is 5.32 Å². The number of hydrogen-bond donors (Lipinski definition) is 1. The van der Waals surface area contributed by atoms with E-state index in [4.69, 9.17) is 0 Å². The van der Waals surface area contributed by atoms with E-state index in [9.17, 15) is 4.79 Å². The van der Waals surface area contributed by atoms with Crippen LogP contribution >= 0.6 is 0 Å². The summed E-state index contributed by atoms with van der Waals surface area (Å²) in [6.45, 7) is 5.98. The number of piperidine rings is 1. The van der Waals surface area contributed by atoms with E-state index in [1.165, 1.54) is 27.7 Å². The molecular weight excluding hydrogens is 370 g/mol. The van der Waals surface area contributed by atoms with Crippen molar-refractivity contribution in [1.29, 1.82) is 0 Å². The lowest BCUT2D eigenvalue weighted by Gasteiger charge is -2.31. The first kappa shape index (κ1) is 19.4. The van der Waals surface area contributed by atoms with Gasteiger partial charge in [-0.1, -0.05) is 48.0 Å². The highest BCUT2D eigenvalue weighted by Gasteiger charge is 2.30. The molecule has 0 radical (unpaired) electrons. The summed E-state index contributed by atoms with van der Waals surface area (Å²) in [4.78, 5) is 14.9. The Kier molecular flexibility index (Phi) is 5.34. The third-order valence-corrected chi connectivity index (χ3v) is 6.59. The fourth-order valence-electron chi connectivity index (χ4n) is 4.71. The Labute approximate surface area is 178 Å². The normalized spacial score (nSPS) is 18.0. The molecule has 2 aliphatic rings.